The summed E-state index contributed by atoms with van der Waals surface area (Å²) in [6.45, 7) is 7.07. The van der Waals surface area contributed by atoms with E-state index in [9.17, 15) is 9.18 Å². The highest BCUT2D eigenvalue weighted by Crippen LogP contribution is 2.26. The number of ether oxygens (including phenoxy) is 1. The zero-order chi connectivity index (χ0) is 15.5. The molecule has 1 aliphatic heterocycles. The Hall–Kier alpha value is -1.62. The van der Waals surface area contributed by atoms with Gasteiger partial charge in [-0.25, -0.2) is 9.18 Å². The molecule has 2 atom stereocenters. The first kappa shape index (κ1) is 15.8. The molecule has 5 heteroatoms. The lowest BCUT2D eigenvalue weighted by atomic mass is 9.86. The number of rotatable bonds is 2. The minimum Gasteiger partial charge on any atom is -0.444 e. The molecule has 0 bridgehead atoms. The van der Waals surface area contributed by atoms with E-state index in [0.717, 1.165) is 18.5 Å². The maximum atomic E-state index is 13.0. The summed E-state index contributed by atoms with van der Waals surface area (Å²) in [4.78, 5) is 11.9. The van der Waals surface area contributed by atoms with Crippen LogP contribution in [0.3, 0.4) is 0 Å². The normalized spacial score (nSPS) is 22.7. The van der Waals surface area contributed by atoms with E-state index in [1.807, 2.05) is 20.8 Å². The molecule has 2 rings (SSSR count). The summed E-state index contributed by atoms with van der Waals surface area (Å²) in [5.41, 5.74) is 0.524. The standard InChI is InChI=1S/C16H23FN2O2/c1-16(2,3)21-15(20)19-14-10-18-9-8-13(14)11-4-6-12(17)7-5-11/h4-7,13-14,18H,8-10H2,1-3H3,(H,19,20)/t13-,14+/m0/s1. The number of carbonyl (C=O) groups excluding carboxylic acids is 1. The smallest absolute Gasteiger partial charge is 0.407 e. The first-order chi connectivity index (χ1) is 9.85. The largest absolute Gasteiger partial charge is 0.444 e. The van der Waals surface area contributed by atoms with Crippen molar-refractivity contribution < 1.29 is 13.9 Å². The van der Waals surface area contributed by atoms with Gasteiger partial charge < -0.3 is 15.4 Å². The molecule has 1 aromatic rings. The highest BCUT2D eigenvalue weighted by molar-refractivity contribution is 5.68. The molecule has 1 fully saturated rings. The van der Waals surface area contributed by atoms with Crippen LogP contribution < -0.4 is 10.6 Å². The number of alkyl carbamates (subject to hydrolysis) is 1. The van der Waals surface area contributed by atoms with Crippen molar-refractivity contribution in [1.29, 1.82) is 0 Å². The molecule has 0 spiro atoms. The summed E-state index contributed by atoms with van der Waals surface area (Å²) >= 11 is 0. The first-order valence-electron chi connectivity index (χ1n) is 7.31. The van der Waals surface area contributed by atoms with Crippen molar-refractivity contribution in [3.05, 3.63) is 35.6 Å². The van der Waals surface area contributed by atoms with Gasteiger partial charge >= 0.3 is 6.09 Å². The Kier molecular flexibility index (Phi) is 4.83. The van der Waals surface area contributed by atoms with Gasteiger partial charge in [0, 0.05) is 12.5 Å². The predicted molar refractivity (Wildman–Crippen MR) is 79.8 cm³/mol. The monoisotopic (exact) mass is 294 g/mol. The molecule has 0 saturated carbocycles. The molecule has 0 unspecified atom stereocenters. The minimum absolute atomic E-state index is 0.0564. The third-order valence-electron chi connectivity index (χ3n) is 3.48. The second-order valence-corrected chi connectivity index (χ2v) is 6.40. The maximum Gasteiger partial charge on any atom is 0.407 e. The van der Waals surface area contributed by atoms with Crippen LogP contribution in [0, 0.1) is 5.82 Å². The van der Waals surface area contributed by atoms with E-state index in [-0.39, 0.29) is 17.8 Å². The molecule has 1 aliphatic rings. The van der Waals surface area contributed by atoms with Crippen molar-refractivity contribution >= 4 is 6.09 Å². The van der Waals surface area contributed by atoms with Crippen LogP contribution in [0.2, 0.25) is 0 Å². The van der Waals surface area contributed by atoms with E-state index in [0.29, 0.717) is 6.54 Å². The van der Waals surface area contributed by atoms with Crippen LogP contribution in [0.4, 0.5) is 9.18 Å². The lowest BCUT2D eigenvalue weighted by Gasteiger charge is -2.33. The third-order valence-corrected chi connectivity index (χ3v) is 3.48. The lowest BCUT2D eigenvalue weighted by molar-refractivity contribution is 0.0489. The van der Waals surface area contributed by atoms with E-state index < -0.39 is 11.7 Å². The van der Waals surface area contributed by atoms with E-state index in [4.69, 9.17) is 4.74 Å². The van der Waals surface area contributed by atoms with Gasteiger partial charge in [0.2, 0.25) is 0 Å². The fourth-order valence-electron chi connectivity index (χ4n) is 2.58. The average molecular weight is 294 g/mol. The predicted octanol–water partition coefficient (Wildman–Crippen LogP) is 2.80. The molecule has 21 heavy (non-hydrogen) atoms. The van der Waals surface area contributed by atoms with E-state index in [2.05, 4.69) is 10.6 Å². The van der Waals surface area contributed by atoms with Crippen LogP contribution in [0.15, 0.2) is 24.3 Å². The summed E-state index contributed by atoms with van der Waals surface area (Å²) in [7, 11) is 0. The molecule has 0 aliphatic carbocycles. The van der Waals surface area contributed by atoms with Crippen LogP contribution in [-0.2, 0) is 4.74 Å². The minimum atomic E-state index is -0.516. The Morgan fingerprint density at radius 1 is 1.33 bits per heavy atom. The van der Waals surface area contributed by atoms with Crippen molar-refractivity contribution in [2.75, 3.05) is 13.1 Å². The van der Waals surface area contributed by atoms with Crippen molar-refractivity contribution in [3.63, 3.8) is 0 Å². The maximum absolute atomic E-state index is 13.0. The zero-order valence-corrected chi connectivity index (χ0v) is 12.8. The van der Waals surface area contributed by atoms with Gasteiger partial charge in [0.05, 0.1) is 6.04 Å². The average Bonchev–Trinajstić information content (AvgIpc) is 2.38. The third kappa shape index (κ3) is 4.70. The summed E-state index contributed by atoms with van der Waals surface area (Å²) in [5.74, 6) is -0.0799. The Labute approximate surface area is 125 Å². The molecule has 4 nitrogen and oxygen atoms in total. The highest BCUT2D eigenvalue weighted by atomic mass is 19.1. The molecule has 2 N–H and O–H groups in total. The molecular weight excluding hydrogens is 271 g/mol. The van der Waals surface area contributed by atoms with Gasteiger partial charge in [-0.2, -0.15) is 0 Å². The van der Waals surface area contributed by atoms with Crippen molar-refractivity contribution in [2.24, 2.45) is 0 Å². The SMILES string of the molecule is CC(C)(C)OC(=O)N[C@@H]1CNCC[C@H]1c1ccc(F)cc1. The van der Waals surface area contributed by atoms with Crippen molar-refractivity contribution in [1.82, 2.24) is 10.6 Å². The summed E-state index contributed by atoms with van der Waals surface area (Å²) in [6.07, 6.45) is 0.481. The van der Waals surface area contributed by atoms with Crippen molar-refractivity contribution in [2.45, 2.75) is 44.8 Å². The van der Waals surface area contributed by atoms with Crippen LogP contribution in [0.1, 0.15) is 38.7 Å². The van der Waals surface area contributed by atoms with E-state index in [1.165, 1.54) is 12.1 Å². The Morgan fingerprint density at radius 3 is 2.62 bits per heavy atom. The molecule has 116 valence electrons. The number of piperidine rings is 1. The number of hydrogen-bond acceptors (Lipinski definition) is 3. The number of benzene rings is 1. The van der Waals surface area contributed by atoms with Gasteiger partial charge in [-0.3, -0.25) is 0 Å². The second kappa shape index (κ2) is 6.43. The quantitative estimate of drug-likeness (QED) is 0.882. The van der Waals surface area contributed by atoms with Crippen LogP contribution >= 0.6 is 0 Å². The number of amides is 1. The number of nitrogens with one attached hydrogen (secondary N) is 2. The molecule has 1 aromatic carbocycles. The van der Waals surface area contributed by atoms with Crippen LogP contribution in [-0.4, -0.2) is 30.8 Å². The van der Waals surface area contributed by atoms with E-state index in [1.54, 1.807) is 12.1 Å². The first-order valence-corrected chi connectivity index (χ1v) is 7.31. The summed E-state index contributed by atoms with van der Waals surface area (Å²) in [5, 5.41) is 6.19. The summed E-state index contributed by atoms with van der Waals surface area (Å²) in [6, 6.07) is 6.44. The molecule has 0 radical (unpaired) electrons. The van der Waals surface area contributed by atoms with Gasteiger partial charge in [-0.1, -0.05) is 12.1 Å². The van der Waals surface area contributed by atoms with Gasteiger partial charge in [0.1, 0.15) is 11.4 Å². The van der Waals surface area contributed by atoms with Gasteiger partial charge in [0.25, 0.3) is 0 Å². The molecule has 0 aromatic heterocycles. The lowest BCUT2D eigenvalue weighted by Crippen LogP contribution is -2.51. The fraction of sp³-hybridized carbons (Fsp3) is 0.562. The van der Waals surface area contributed by atoms with Crippen LogP contribution in [0.5, 0.6) is 0 Å². The Balaban J connectivity index is 2.05. The Morgan fingerprint density at radius 2 is 2.00 bits per heavy atom. The highest BCUT2D eigenvalue weighted by Gasteiger charge is 2.29. The van der Waals surface area contributed by atoms with E-state index >= 15 is 0 Å². The number of carbonyl (C=O) groups is 1. The molecular formula is C16H23FN2O2. The van der Waals surface area contributed by atoms with Gasteiger partial charge in [-0.15, -0.1) is 0 Å². The van der Waals surface area contributed by atoms with Gasteiger partial charge in [0.15, 0.2) is 0 Å². The van der Waals surface area contributed by atoms with Crippen molar-refractivity contribution in [3.8, 4) is 0 Å². The number of halogens is 1. The fourth-order valence-corrected chi connectivity index (χ4v) is 2.58. The molecule has 1 amide bonds. The molecule has 1 saturated heterocycles. The number of hydrogen-bond donors (Lipinski definition) is 2. The van der Waals surface area contributed by atoms with Crippen LogP contribution in [0.25, 0.3) is 0 Å². The topological polar surface area (TPSA) is 50.4 Å². The molecule has 1 heterocycles. The Bertz CT molecular complexity index is 482. The zero-order valence-electron chi connectivity index (χ0n) is 12.8. The van der Waals surface area contributed by atoms with Gasteiger partial charge in [-0.05, 0) is 51.4 Å². The second-order valence-electron chi connectivity index (χ2n) is 6.40. The summed E-state index contributed by atoms with van der Waals surface area (Å²) < 4.78 is 18.4.